The van der Waals surface area contributed by atoms with Gasteiger partial charge in [0.05, 0.1) is 51.4 Å². The summed E-state index contributed by atoms with van der Waals surface area (Å²) < 4.78 is 70.4. The molecule has 4 heterocycles. The molecule has 2 aromatic carbocycles. The Bertz CT molecular complexity index is 2060. The molecule has 1 saturated carbocycles. The number of fused-ring (bicyclic) bond motifs is 1. The fraction of sp³-hybridized carbons (Fsp3) is 0.294. The van der Waals surface area contributed by atoms with Gasteiger partial charge >= 0.3 is 5.97 Å². The smallest absolute Gasteiger partial charge is 0.335 e. The van der Waals surface area contributed by atoms with Crippen molar-refractivity contribution in [1.82, 2.24) is 19.5 Å². The van der Waals surface area contributed by atoms with E-state index >= 15 is 8.78 Å². The predicted molar refractivity (Wildman–Crippen MR) is 164 cm³/mol. The number of aromatic nitrogens is 4. The molecule has 2 fully saturated rings. The summed E-state index contributed by atoms with van der Waals surface area (Å²) >= 11 is 1.22. The lowest BCUT2D eigenvalue weighted by molar-refractivity contribution is -0.0589. The molecular weight excluding hydrogens is 636 g/mol. The van der Waals surface area contributed by atoms with Crippen molar-refractivity contribution in [1.29, 1.82) is 0 Å². The van der Waals surface area contributed by atoms with Crippen molar-refractivity contribution in [2.75, 3.05) is 6.61 Å². The summed E-state index contributed by atoms with van der Waals surface area (Å²) in [5, 5.41) is 10.0. The third kappa shape index (κ3) is 6.43. The molecule has 0 bridgehead atoms. The van der Waals surface area contributed by atoms with Crippen molar-refractivity contribution in [2.24, 2.45) is 5.41 Å². The average molecular weight is 663 g/mol. The van der Waals surface area contributed by atoms with Gasteiger partial charge in [0.25, 0.3) is 6.43 Å². The Morgan fingerprint density at radius 2 is 1.98 bits per heavy atom. The van der Waals surface area contributed by atoms with Crippen LogP contribution in [0.15, 0.2) is 54.7 Å². The highest BCUT2D eigenvalue weighted by Gasteiger charge is 2.50. The number of halogens is 4. The van der Waals surface area contributed by atoms with Gasteiger partial charge in [0.2, 0.25) is 5.88 Å². The molecule has 0 spiro atoms. The maximum absolute atomic E-state index is 15.5. The molecule has 1 saturated heterocycles. The maximum atomic E-state index is 15.5. The van der Waals surface area contributed by atoms with Gasteiger partial charge in [-0.05, 0) is 61.2 Å². The number of rotatable bonds is 10. The second-order valence-corrected chi connectivity index (χ2v) is 12.6. The third-order valence-electron chi connectivity index (χ3n) is 8.28. The first kappa shape index (κ1) is 30.8. The Hall–Kier alpha value is -4.80. The number of ether oxygens (including phenoxy) is 2. The maximum Gasteiger partial charge on any atom is 0.335 e. The minimum Gasteiger partial charge on any atom is -0.478 e. The quantitative estimate of drug-likeness (QED) is 0.129. The van der Waals surface area contributed by atoms with E-state index in [9.17, 15) is 18.7 Å². The fourth-order valence-electron chi connectivity index (χ4n) is 5.30. The van der Waals surface area contributed by atoms with Crippen LogP contribution in [0.1, 0.15) is 50.9 Å². The van der Waals surface area contributed by atoms with Gasteiger partial charge in [0.15, 0.2) is 0 Å². The van der Waals surface area contributed by atoms with Crippen molar-refractivity contribution in [2.45, 2.75) is 51.4 Å². The standard InChI is InChI=1S/C34H26F4N4O4S/c35-24-15-23(26-2-1-3-30(41-26)46-18-31-39-16-22(47-31)6-8-34(9-10-34)33(37)38)25(36)12-20(24)14-29-40-27-5-4-19(32(43)44)13-28(27)42(29)17-21-7-11-45-21/h1-5,12-13,15-16,21,33H,7,9-11,14,17-18H2,(H,43,44). The molecule has 0 radical (unpaired) electrons. The zero-order valence-electron chi connectivity index (χ0n) is 24.7. The monoisotopic (exact) mass is 662 g/mol. The van der Waals surface area contributed by atoms with Gasteiger partial charge in [-0.25, -0.2) is 37.3 Å². The SMILES string of the molecule is O=C(O)c1ccc2nc(Cc3cc(F)c(-c4cccc(OCc5ncc(C#CC6(C(F)F)CC6)s5)n4)cc3F)n(CC3CCO3)c2c1. The molecule has 1 N–H and O–H groups in total. The van der Waals surface area contributed by atoms with Crippen molar-refractivity contribution in [3.63, 3.8) is 0 Å². The molecule has 1 unspecified atom stereocenters. The highest BCUT2D eigenvalue weighted by Crippen LogP contribution is 2.50. The summed E-state index contributed by atoms with van der Waals surface area (Å²) in [7, 11) is 0. The number of pyridine rings is 1. The molecule has 0 amide bonds. The van der Waals surface area contributed by atoms with E-state index < -0.39 is 29.4 Å². The van der Waals surface area contributed by atoms with E-state index in [4.69, 9.17) is 9.47 Å². The summed E-state index contributed by atoms with van der Waals surface area (Å²) in [6, 6.07) is 11.5. The van der Waals surface area contributed by atoms with Crippen molar-refractivity contribution in [3.8, 4) is 29.0 Å². The van der Waals surface area contributed by atoms with Crippen LogP contribution in [-0.4, -0.2) is 49.7 Å². The van der Waals surface area contributed by atoms with Crippen LogP contribution in [0.2, 0.25) is 0 Å². The number of carbonyl (C=O) groups is 1. The topological polar surface area (TPSA) is 99.4 Å². The van der Waals surface area contributed by atoms with Crippen molar-refractivity contribution >= 4 is 28.3 Å². The molecule has 240 valence electrons. The normalized spacial score (nSPS) is 16.5. The van der Waals surface area contributed by atoms with E-state index in [0.29, 0.717) is 52.7 Å². The van der Waals surface area contributed by atoms with E-state index in [-0.39, 0.29) is 47.4 Å². The third-order valence-corrected chi connectivity index (χ3v) is 9.16. The molecule has 3 aromatic heterocycles. The van der Waals surface area contributed by atoms with E-state index in [1.807, 2.05) is 4.57 Å². The first-order valence-corrected chi connectivity index (χ1v) is 15.7. The Balaban J connectivity index is 1.08. The van der Waals surface area contributed by atoms with E-state index in [1.54, 1.807) is 18.2 Å². The number of benzene rings is 2. The van der Waals surface area contributed by atoms with Crippen molar-refractivity contribution < 1.29 is 36.9 Å². The number of hydrogen-bond donors (Lipinski definition) is 1. The molecule has 2 aliphatic rings. The molecule has 1 aliphatic heterocycles. The number of aromatic carboxylic acids is 1. The lowest BCUT2D eigenvalue weighted by Gasteiger charge is -2.27. The largest absolute Gasteiger partial charge is 0.478 e. The van der Waals surface area contributed by atoms with Crippen LogP contribution in [0.3, 0.4) is 0 Å². The molecule has 7 rings (SSSR count). The lowest BCUT2D eigenvalue weighted by atomic mass is 10.0. The van der Waals surface area contributed by atoms with Gasteiger partial charge in [-0.1, -0.05) is 17.9 Å². The van der Waals surface area contributed by atoms with E-state index in [2.05, 4.69) is 26.8 Å². The number of hydrogen-bond acceptors (Lipinski definition) is 7. The number of carboxylic acids is 1. The molecule has 5 aromatic rings. The Labute approximate surface area is 270 Å². The number of carboxylic acid groups (broad SMARTS) is 1. The van der Waals surface area contributed by atoms with Gasteiger partial charge < -0.3 is 19.1 Å². The average Bonchev–Trinajstić information content (AvgIpc) is 3.57. The summed E-state index contributed by atoms with van der Waals surface area (Å²) in [4.78, 5) is 25.3. The van der Waals surface area contributed by atoms with Crippen molar-refractivity contribution in [3.05, 3.63) is 93.2 Å². The zero-order chi connectivity index (χ0) is 32.7. The van der Waals surface area contributed by atoms with Gasteiger partial charge in [-0.2, -0.15) is 0 Å². The van der Waals surface area contributed by atoms with Gasteiger partial charge in [-0.15, -0.1) is 11.3 Å². The van der Waals surface area contributed by atoms with Crippen LogP contribution < -0.4 is 4.74 Å². The van der Waals surface area contributed by atoms with Crippen LogP contribution in [0.25, 0.3) is 22.3 Å². The number of imidazole rings is 1. The second kappa shape index (κ2) is 12.4. The van der Waals surface area contributed by atoms with Crippen LogP contribution in [-0.2, 0) is 24.3 Å². The highest BCUT2D eigenvalue weighted by atomic mass is 32.1. The molecule has 1 atom stereocenters. The predicted octanol–water partition coefficient (Wildman–Crippen LogP) is 6.89. The Morgan fingerprint density at radius 1 is 1.15 bits per heavy atom. The minimum absolute atomic E-state index is 0.0272. The van der Waals surface area contributed by atoms with Crippen LogP contribution in [0.5, 0.6) is 5.88 Å². The molecule has 13 heteroatoms. The molecule has 8 nitrogen and oxygen atoms in total. The van der Waals surface area contributed by atoms with Gasteiger partial charge in [0.1, 0.15) is 29.1 Å². The summed E-state index contributed by atoms with van der Waals surface area (Å²) in [6.45, 7) is 1.06. The van der Waals surface area contributed by atoms with Crippen LogP contribution in [0, 0.1) is 28.9 Å². The van der Waals surface area contributed by atoms with Gasteiger partial charge in [-0.3, -0.25) is 0 Å². The minimum atomic E-state index is -2.48. The van der Waals surface area contributed by atoms with E-state index in [0.717, 1.165) is 18.6 Å². The first-order valence-electron chi connectivity index (χ1n) is 14.9. The highest BCUT2D eigenvalue weighted by molar-refractivity contribution is 7.12. The molecular formula is C34H26F4N4O4S. The van der Waals surface area contributed by atoms with Gasteiger partial charge in [0, 0.05) is 24.7 Å². The summed E-state index contributed by atoms with van der Waals surface area (Å²) in [5.41, 5.74) is 0.199. The Kier molecular flexibility index (Phi) is 8.15. The molecule has 1 aliphatic carbocycles. The number of alkyl halides is 2. The summed E-state index contributed by atoms with van der Waals surface area (Å²) in [6.07, 6.45) is 0.515. The zero-order valence-corrected chi connectivity index (χ0v) is 25.5. The Morgan fingerprint density at radius 3 is 2.70 bits per heavy atom. The van der Waals surface area contributed by atoms with Crippen LogP contribution >= 0.6 is 11.3 Å². The second-order valence-electron chi connectivity index (χ2n) is 11.5. The number of thiazole rings is 1. The first-order chi connectivity index (χ1) is 22.7. The number of nitrogens with zero attached hydrogens (tertiary/aromatic N) is 4. The fourth-order valence-corrected chi connectivity index (χ4v) is 5.99. The molecule has 47 heavy (non-hydrogen) atoms. The summed E-state index contributed by atoms with van der Waals surface area (Å²) in [5.74, 6) is 3.65. The lowest BCUT2D eigenvalue weighted by Crippen LogP contribution is -2.31. The van der Waals surface area contributed by atoms with E-state index in [1.165, 1.54) is 35.7 Å². The van der Waals surface area contributed by atoms with Crippen LogP contribution in [0.4, 0.5) is 17.6 Å².